The van der Waals surface area contributed by atoms with Gasteiger partial charge in [-0.05, 0) is 38.5 Å². The summed E-state index contributed by atoms with van der Waals surface area (Å²) in [6, 6.07) is 19.6. The number of esters is 1. The van der Waals surface area contributed by atoms with Gasteiger partial charge in [-0.1, -0.05) is 48.5 Å². The molecule has 0 aliphatic heterocycles. The van der Waals surface area contributed by atoms with E-state index in [1.165, 1.54) is 0 Å². The zero-order valence-electron chi connectivity index (χ0n) is 14.2. The van der Waals surface area contributed by atoms with Gasteiger partial charge in [0.05, 0.1) is 10.9 Å². The third-order valence-electron chi connectivity index (χ3n) is 4.37. The van der Waals surface area contributed by atoms with E-state index < -0.39 is 5.41 Å². The Morgan fingerprint density at radius 3 is 2.46 bits per heavy atom. The van der Waals surface area contributed by atoms with E-state index in [0.29, 0.717) is 0 Å². The van der Waals surface area contributed by atoms with Crippen molar-refractivity contribution in [3.63, 3.8) is 0 Å². The number of hydrogen-bond donors (Lipinski definition) is 0. The average molecular weight is 319 g/mol. The molecule has 3 aromatic rings. The average Bonchev–Trinajstić information content (AvgIpc) is 2.62. The van der Waals surface area contributed by atoms with Crippen molar-refractivity contribution < 1.29 is 9.53 Å². The number of hydrogen-bond acceptors (Lipinski definition) is 3. The van der Waals surface area contributed by atoms with E-state index in [2.05, 4.69) is 4.98 Å². The number of rotatable bonds is 4. The van der Waals surface area contributed by atoms with Crippen LogP contribution in [0.3, 0.4) is 0 Å². The van der Waals surface area contributed by atoms with Crippen LogP contribution in [0.5, 0.6) is 0 Å². The lowest BCUT2D eigenvalue weighted by molar-refractivity contribution is -0.154. The topological polar surface area (TPSA) is 39.2 Å². The highest BCUT2D eigenvalue weighted by atomic mass is 16.5. The molecular formula is C21H21NO2. The number of carbonyl (C=O) groups excluding carboxylic acids is 1. The fraction of sp³-hybridized carbons (Fsp3) is 0.238. The molecule has 0 saturated heterocycles. The van der Waals surface area contributed by atoms with Gasteiger partial charge in [0.1, 0.15) is 6.10 Å². The third-order valence-corrected chi connectivity index (χ3v) is 4.37. The molecule has 0 amide bonds. The van der Waals surface area contributed by atoms with Crippen molar-refractivity contribution in [3.8, 4) is 0 Å². The van der Waals surface area contributed by atoms with Crippen molar-refractivity contribution in [2.45, 2.75) is 32.3 Å². The van der Waals surface area contributed by atoms with Crippen LogP contribution in [0.2, 0.25) is 0 Å². The monoisotopic (exact) mass is 319 g/mol. The van der Waals surface area contributed by atoms with Crippen LogP contribution < -0.4 is 0 Å². The summed E-state index contributed by atoms with van der Waals surface area (Å²) in [6.45, 7) is 5.65. The van der Waals surface area contributed by atoms with Gasteiger partial charge in [0.25, 0.3) is 0 Å². The van der Waals surface area contributed by atoms with Crippen LogP contribution >= 0.6 is 0 Å². The molecule has 24 heavy (non-hydrogen) atoms. The summed E-state index contributed by atoms with van der Waals surface area (Å²) in [5.41, 5.74) is 2.08. The van der Waals surface area contributed by atoms with Crippen LogP contribution in [0.25, 0.3) is 10.9 Å². The highest BCUT2D eigenvalue weighted by Crippen LogP contribution is 2.28. The molecule has 3 nitrogen and oxygen atoms in total. The van der Waals surface area contributed by atoms with Gasteiger partial charge in [-0.15, -0.1) is 0 Å². The molecule has 0 aliphatic carbocycles. The molecule has 1 heterocycles. The summed E-state index contributed by atoms with van der Waals surface area (Å²) in [7, 11) is 0. The maximum Gasteiger partial charge on any atom is 0.316 e. The van der Waals surface area contributed by atoms with E-state index in [0.717, 1.165) is 22.0 Å². The van der Waals surface area contributed by atoms with Crippen molar-refractivity contribution in [1.29, 1.82) is 0 Å². The number of para-hydroxylation sites is 1. The molecule has 2 aromatic carbocycles. The highest BCUT2D eigenvalue weighted by molar-refractivity contribution is 5.82. The fourth-order valence-electron chi connectivity index (χ4n) is 2.66. The SMILES string of the molecule is CC(OC(=O)C(C)(C)c1ccccc1)c1cnc2ccccc2c1. The lowest BCUT2D eigenvalue weighted by atomic mass is 9.85. The van der Waals surface area contributed by atoms with Crippen LogP contribution in [0, 0.1) is 0 Å². The van der Waals surface area contributed by atoms with Crippen LogP contribution in [-0.2, 0) is 14.9 Å². The molecule has 0 bridgehead atoms. The molecule has 122 valence electrons. The normalized spacial score (nSPS) is 12.8. The zero-order valence-corrected chi connectivity index (χ0v) is 14.2. The van der Waals surface area contributed by atoms with Gasteiger partial charge in [-0.2, -0.15) is 0 Å². The van der Waals surface area contributed by atoms with Crippen molar-refractivity contribution in [2.24, 2.45) is 0 Å². The first kappa shape index (κ1) is 16.2. The second-order valence-electron chi connectivity index (χ2n) is 6.50. The molecule has 0 saturated carbocycles. The van der Waals surface area contributed by atoms with Crippen molar-refractivity contribution in [2.75, 3.05) is 0 Å². The summed E-state index contributed by atoms with van der Waals surface area (Å²) >= 11 is 0. The van der Waals surface area contributed by atoms with Crippen LogP contribution in [0.4, 0.5) is 0 Å². The number of carbonyl (C=O) groups is 1. The Hall–Kier alpha value is -2.68. The summed E-state index contributed by atoms with van der Waals surface area (Å²) in [6.07, 6.45) is 1.42. The van der Waals surface area contributed by atoms with Crippen LogP contribution in [-0.4, -0.2) is 11.0 Å². The molecule has 1 unspecified atom stereocenters. The molecule has 0 spiro atoms. The second-order valence-corrected chi connectivity index (χ2v) is 6.50. The Labute approximate surface area is 142 Å². The summed E-state index contributed by atoms with van der Waals surface area (Å²) < 4.78 is 5.73. The molecular weight excluding hydrogens is 298 g/mol. The lowest BCUT2D eigenvalue weighted by Crippen LogP contribution is -2.31. The summed E-state index contributed by atoms with van der Waals surface area (Å²) in [5, 5.41) is 1.04. The zero-order chi connectivity index (χ0) is 17.2. The maximum atomic E-state index is 12.7. The quantitative estimate of drug-likeness (QED) is 0.647. The highest BCUT2D eigenvalue weighted by Gasteiger charge is 2.32. The van der Waals surface area contributed by atoms with E-state index in [9.17, 15) is 4.79 Å². The first-order chi connectivity index (χ1) is 11.5. The predicted octanol–water partition coefficient (Wildman–Crippen LogP) is 4.82. The van der Waals surface area contributed by atoms with E-state index >= 15 is 0 Å². The molecule has 3 rings (SSSR count). The number of nitrogens with zero attached hydrogens (tertiary/aromatic N) is 1. The Morgan fingerprint density at radius 1 is 1.04 bits per heavy atom. The minimum absolute atomic E-state index is 0.241. The standard InChI is InChI=1S/C21H21NO2/c1-15(17-13-16-9-7-8-12-19(16)22-14-17)24-20(23)21(2,3)18-10-5-4-6-11-18/h4-15H,1-3H3. The first-order valence-electron chi connectivity index (χ1n) is 8.10. The molecule has 0 N–H and O–H groups in total. The van der Waals surface area contributed by atoms with Crippen molar-refractivity contribution in [1.82, 2.24) is 4.98 Å². The first-order valence-corrected chi connectivity index (χ1v) is 8.10. The van der Waals surface area contributed by atoms with Gasteiger partial charge in [0.2, 0.25) is 0 Å². The minimum atomic E-state index is -0.695. The maximum absolute atomic E-state index is 12.7. The number of fused-ring (bicyclic) bond motifs is 1. The smallest absolute Gasteiger partial charge is 0.316 e. The van der Waals surface area contributed by atoms with Gasteiger partial charge < -0.3 is 4.74 Å². The Balaban J connectivity index is 1.80. The van der Waals surface area contributed by atoms with E-state index in [-0.39, 0.29) is 12.1 Å². The fourth-order valence-corrected chi connectivity index (χ4v) is 2.66. The van der Waals surface area contributed by atoms with E-state index in [1.807, 2.05) is 81.4 Å². The van der Waals surface area contributed by atoms with Gasteiger partial charge in [0, 0.05) is 17.1 Å². The summed E-state index contributed by atoms with van der Waals surface area (Å²) in [5.74, 6) is -0.241. The van der Waals surface area contributed by atoms with E-state index in [4.69, 9.17) is 4.74 Å². The van der Waals surface area contributed by atoms with Gasteiger partial charge >= 0.3 is 5.97 Å². The number of pyridine rings is 1. The minimum Gasteiger partial charge on any atom is -0.457 e. The van der Waals surface area contributed by atoms with Crippen LogP contribution in [0.15, 0.2) is 66.9 Å². The molecule has 3 heteroatoms. The number of benzene rings is 2. The molecule has 0 fully saturated rings. The molecule has 0 aliphatic rings. The Bertz CT molecular complexity index is 856. The van der Waals surface area contributed by atoms with E-state index in [1.54, 1.807) is 6.20 Å². The third kappa shape index (κ3) is 3.16. The Kier molecular flexibility index (Phi) is 4.34. The number of ether oxygens (including phenoxy) is 1. The molecule has 1 atom stereocenters. The van der Waals surface area contributed by atoms with Crippen molar-refractivity contribution >= 4 is 16.9 Å². The van der Waals surface area contributed by atoms with Gasteiger partial charge in [-0.25, -0.2) is 0 Å². The lowest BCUT2D eigenvalue weighted by Gasteiger charge is -2.25. The van der Waals surface area contributed by atoms with Gasteiger partial charge in [0.15, 0.2) is 0 Å². The van der Waals surface area contributed by atoms with Gasteiger partial charge in [-0.3, -0.25) is 9.78 Å². The van der Waals surface area contributed by atoms with Crippen LogP contribution in [0.1, 0.15) is 38.0 Å². The molecule has 1 aromatic heterocycles. The largest absolute Gasteiger partial charge is 0.457 e. The second kappa shape index (κ2) is 6.44. The Morgan fingerprint density at radius 2 is 1.71 bits per heavy atom. The van der Waals surface area contributed by atoms with Crippen molar-refractivity contribution in [3.05, 3.63) is 78.0 Å². The number of aromatic nitrogens is 1. The summed E-state index contributed by atoms with van der Waals surface area (Å²) in [4.78, 5) is 17.1. The predicted molar refractivity (Wildman–Crippen MR) is 95.7 cm³/mol. The molecule has 0 radical (unpaired) electrons.